The lowest BCUT2D eigenvalue weighted by atomic mass is 10.1. The Bertz CT molecular complexity index is 1310. The molecule has 1 heterocycles. The topological polar surface area (TPSA) is 42.0 Å². The summed E-state index contributed by atoms with van der Waals surface area (Å²) in [6.07, 6.45) is 3.52. The first-order chi connectivity index (χ1) is 18.8. The zero-order valence-electron chi connectivity index (χ0n) is 21.2. The molecule has 39 heavy (non-hydrogen) atoms. The number of carbonyl (C=O) groups excluding carboxylic acids is 1. The van der Waals surface area contributed by atoms with Gasteiger partial charge in [0, 0.05) is 38.4 Å². The van der Waals surface area contributed by atoms with Crippen molar-refractivity contribution < 1.29 is 36.2 Å². The third-order valence-corrected chi connectivity index (χ3v) is 6.35. The van der Waals surface area contributed by atoms with Crippen molar-refractivity contribution in [3.63, 3.8) is 0 Å². The Balaban J connectivity index is 1.38. The van der Waals surface area contributed by atoms with Crippen LogP contribution in [0.25, 0.3) is 6.08 Å². The van der Waals surface area contributed by atoms with E-state index in [9.17, 15) is 26.7 Å². The molecule has 3 aromatic carbocycles. The van der Waals surface area contributed by atoms with Crippen LogP contribution < -0.4 is 9.64 Å². The summed E-state index contributed by atoms with van der Waals surface area (Å²) in [6, 6.07) is 14.5. The molecule has 1 aliphatic rings. The molecule has 1 saturated heterocycles. The number of hydrogen-bond donors (Lipinski definition) is 0. The van der Waals surface area contributed by atoms with Gasteiger partial charge in [-0.1, -0.05) is 42.5 Å². The molecule has 0 bridgehead atoms. The van der Waals surface area contributed by atoms with Gasteiger partial charge in [-0.25, -0.2) is 18.0 Å². The molecule has 0 saturated carbocycles. The minimum Gasteiger partial charge on any atom is -0.416 e. The third-order valence-electron chi connectivity index (χ3n) is 6.35. The van der Waals surface area contributed by atoms with Gasteiger partial charge in [0.05, 0.1) is 18.8 Å². The van der Waals surface area contributed by atoms with Gasteiger partial charge in [0.1, 0.15) is 0 Å². The molecule has 0 N–H and O–H groups in total. The minimum atomic E-state index is -2.33. The van der Waals surface area contributed by atoms with E-state index < -0.39 is 40.8 Å². The standard InChI is InChI=1S/C29H27F5N2O3/c1-2-6-20-17-21(29(37)39-28-26(33)24(31)23(30)25(32)27(28)34)9-10-22(20)36-13-11-35(12-14-36)15-16-38-18-19-7-4-3-5-8-19/h2-10,17H,11-16,18H2,1H3. The predicted molar refractivity (Wildman–Crippen MR) is 137 cm³/mol. The van der Waals surface area contributed by atoms with Crippen LogP contribution in [-0.4, -0.2) is 50.2 Å². The lowest BCUT2D eigenvalue weighted by Gasteiger charge is -2.36. The third kappa shape index (κ3) is 6.63. The van der Waals surface area contributed by atoms with Crippen LogP contribution in [0, 0.1) is 29.1 Å². The summed E-state index contributed by atoms with van der Waals surface area (Å²) in [5.41, 5.74) is 2.49. The highest BCUT2D eigenvalue weighted by Crippen LogP contribution is 2.31. The molecule has 0 amide bonds. The van der Waals surface area contributed by atoms with Gasteiger partial charge in [0.2, 0.25) is 34.8 Å². The van der Waals surface area contributed by atoms with E-state index in [-0.39, 0.29) is 5.56 Å². The van der Waals surface area contributed by atoms with Crippen LogP contribution in [0.3, 0.4) is 0 Å². The highest BCUT2D eigenvalue weighted by atomic mass is 19.2. The molecule has 1 fully saturated rings. The van der Waals surface area contributed by atoms with E-state index >= 15 is 0 Å². The van der Waals surface area contributed by atoms with Crippen molar-refractivity contribution in [1.82, 2.24) is 4.90 Å². The quantitative estimate of drug-likeness (QED) is 0.0826. The Hall–Kier alpha value is -3.76. The molecule has 206 valence electrons. The first-order valence-electron chi connectivity index (χ1n) is 12.4. The maximum absolute atomic E-state index is 14.0. The van der Waals surface area contributed by atoms with Crippen LogP contribution in [0.4, 0.5) is 27.6 Å². The molecule has 1 aliphatic heterocycles. The maximum atomic E-state index is 14.0. The molecular weight excluding hydrogens is 519 g/mol. The summed E-state index contributed by atoms with van der Waals surface area (Å²) in [5, 5.41) is 0. The van der Waals surface area contributed by atoms with Gasteiger partial charge in [0.15, 0.2) is 0 Å². The summed E-state index contributed by atoms with van der Waals surface area (Å²) >= 11 is 0. The number of benzene rings is 3. The molecule has 4 rings (SSSR count). The largest absolute Gasteiger partial charge is 0.416 e. The first kappa shape index (κ1) is 28.3. The number of hydrogen-bond acceptors (Lipinski definition) is 5. The maximum Gasteiger partial charge on any atom is 0.343 e. The second kappa shape index (κ2) is 12.9. The van der Waals surface area contributed by atoms with Crippen molar-refractivity contribution in [2.24, 2.45) is 0 Å². The van der Waals surface area contributed by atoms with E-state index in [1.54, 1.807) is 25.1 Å². The Labute approximate surface area is 223 Å². The van der Waals surface area contributed by atoms with Crippen molar-refractivity contribution in [2.45, 2.75) is 13.5 Å². The molecule has 0 atom stereocenters. The fourth-order valence-corrected chi connectivity index (χ4v) is 4.28. The molecule has 3 aromatic rings. The minimum absolute atomic E-state index is 0.106. The lowest BCUT2D eigenvalue weighted by molar-refractivity contribution is 0.0716. The van der Waals surface area contributed by atoms with Crippen LogP contribution in [0.1, 0.15) is 28.4 Å². The Morgan fingerprint density at radius 3 is 2.15 bits per heavy atom. The lowest BCUT2D eigenvalue weighted by Crippen LogP contribution is -2.47. The fourth-order valence-electron chi connectivity index (χ4n) is 4.28. The number of ether oxygens (including phenoxy) is 2. The van der Waals surface area contributed by atoms with Crippen LogP contribution in [-0.2, 0) is 11.3 Å². The van der Waals surface area contributed by atoms with E-state index in [1.165, 1.54) is 12.1 Å². The summed E-state index contributed by atoms with van der Waals surface area (Å²) in [5.74, 6) is -14.0. The Morgan fingerprint density at radius 1 is 0.872 bits per heavy atom. The van der Waals surface area contributed by atoms with Crippen LogP contribution >= 0.6 is 0 Å². The second-order valence-corrected chi connectivity index (χ2v) is 8.93. The number of anilines is 1. The highest BCUT2D eigenvalue weighted by molar-refractivity contribution is 5.93. The van der Waals surface area contributed by atoms with Gasteiger partial charge < -0.3 is 14.4 Å². The number of carbonyl (C=O) groups is 1. The summed E-state index contributed by atoms with van der Waals surface area (Å²) in [7, 11) is 0. The fraction of sp³-hybridized carbons (Fsp3) is 0.276. The van der Waals surface area contributed by atoms with Crippen molar-refractivity contribution in [3.8, 4) is 5.75 Å². The summed E-state index contributed by atoms with van der Waals surface area (Å²) in [6.45, 7) is 6.80. The number of halogens is 5. The van der Waals surface area contributed by atoms with Gasteiger partial charge in [-0.05, 0) is 36.2 Å². The molecule has 5 nitrogen and oxygen atoms in total. The van der Waals surface area contributed by atoms with Crippen molar-refractivity contribution in [3.05, 3.63) is 100 Å². The summed E-state index contributed by atoms with van der Waals surface area (Å²) < 4.78 is 78.6. The Kier molecular flexibility index (Phi) is 9.32. The normalized spacial score (nSPS) is 14.3. The zero-order chi connectivity index (χ0) is 27.9. The van der Waals surface area contributed by atoms with Crippen molar-refractivity contribution >= 4 is 17.7 Å². The van der Waals surface area contributed by atoms with Gasteiger partial charge in [0.25, 0.3) is 0 Å². The Morgan fingerprint density at radius 2 is 1.51 bits per heavy atom. The van der Waals surface area contributed by atoms with Crippen molar-refractivity contribution in [1.29, 1.82) is 0 Å². The average molecular weight is 547 g/mol. The van der Waals surface area contributed by atoms with E-state index in [0.29, 0.717) is 18.8 Å². The number of allylic oxidation sites excluding steroid dienone is 1. The molecule has 10 heteroatoms. The van der Waals surface area contributed by atoms with Crippen LogP contribution in [0.5, 0.6) is 5.75 Å². The molecular formula is C29H27F5N2O3. The summed E-state index contributed by atoms with van der Waals surface area (Å²) in [4.78, 5) is 17.0. The predicted octanol–water partition coefficient (Wildman–Crippen LogP) is 5.97. The van der Waals surface area contributed by atoms with Crippen LogP contribution in [0.2, 0.25) is 0 Å². The van der Waals surface area contributed by atoms with E-state index in [4.69, 9.17) is 4.74 Å². The number of piperazine rings is 1. The highest BCUT2D eigenvalue weighted by Gasteiger charge is 2.29. The molecule has 0 radical (unpaired) electrons. The smallest absolute Gasteiger partial charge is 0.343 e. The first-order valence-corrected chi connectivity index (χ1v) is 12.4. The van der Waals surface area contributed by atoms with Gasteiger partial charge in [-0.2, -0.15) is 8.78 Å². The molecule has 0 aromatic heterocycles. The van der Waals surface area contributed by atoms with E-state index in [1.807, 2.05) is 30.3 Å². The van der Waals surface area contributed by atoms with Gasteiger partial charge in [-0.15, -0.1) is 0 Å². The number of rotatable bonds is 9. The van der Waals surface area contributed by atoms with Gasteiger partial charge in [-0.3, -0.25) is 4.90 Å². The van der Waals surface area contributed by atoms with Crippen molar-refractivity contribution in [2.75, 3.05) is 44.2 Å². The average Bonchev–Trinajstić information content (AvgIpc) is 2.96. The second-order valence-electron chi connectivity index (χ2n) is 8.93. The van der Waals surface area contributed by atoms with E-state index in [2.05, 4.69) is 14.5 Å². The SMILES string of the molecule is CC=Cc1cc(C(=O)Oc2c(F)c(F)c(F)c(F)c2F)ccc1N1CCN(CCOCc2ccccc2)CC1. The van der Waals surface area contributed by atoms with Gasteiger partial charge >= 0.3 is 5.97 Å². The molecule has 0 aliphatic carbocycles. The van der Waals surface area contributed by atoms with Crippen LogP contribution in [0.15, 0.2) is 54.6 Å². The van der Waals surface area contributed by atoms with E-state index in [0.717, 1.165) is 44.0 Å². The number of nitrogens with zero attached hydrogens (tertiary/aromatic N) is 2. The number of esters is 1. The molecule has 0 spiro atoms. The molecule has 0 unspecified atom stereocenters. The monoisotopic (exact) mass is 546 g/mol. The zero-order valence-corrected chi connectivity index (χ0v) is 21.2.